The van der Waals surface area contributed by atoms with Gasteiger partial charge in [0, 0.05) is 21.7 Å². The Kier molecular flexibility index (Phi) is 4.89. The average Bonchev–Trinajstić information content (AvgIpc) is 2.71. The number of carbonyl (C=O) groups is 1. The van der Waals surface area contributed by atoms with Crippen LogP contribution in [0.2, 0.25) is 5.02 Å². The van der Waals surface area contributed by atoms with Crippen LogP contribution in [-0.4, -0.2) is 12.5 Å². The number of halogens is 1. The van der Waals surface area contributed by atoms with Crippen LogP contribution in [-0.2, 0) is 0 Å². The zero-order valence-electron chi connectivity index (χ0n) is 11.7. The Morgan fingerprint density at radius 1 is 1.45 bits per heavy atom. The van der Waals surface area contributed by atoms with E-state index >= 15 is 0 Å². The van der Waals surface area contributed by atoms with Gasteiger partial charge in [0.1, 0.15) is 4.88 Å². The van der Waals surface area contributed by atoms with Gasteiger partial charge in [-0.05, 0) is 37.0 Å². The normalized spacial score (nSPS) is 11.2. The van der Waals surface area contributed by atoms with Crippen LogP contribution in [0.3, 0.4) is 0 Å². The number of nitrogen functional groups attached to an aromatic ring is 1. The van der Waals surface area contributed by atoms with Gasteiger partial charge in [0.25, 0.3) is 5.91 Å². The molecule has 0 aliphatic heterocycles. The first kappa shape index (κ1) is 15.1. The van der Waals surface area contributed by atoms with E-state index in [4.69, 9.17) is 17.3 Å². The molecule has 0 atom stereocenters. The van der Waals surface area contributed by atoms with Crippen LogP contribution >= 0.6 is 22.9 Å². The van der Waals surface area contributed by atoms with Gasteiger partial charge < -0.3 is 11.1 Å². The van der Waals surface area contributed by atoms with E-state index in [0.717, 1.165) is 22.9 Å². The van der Waals surface area contributed by atoms with Gasteiger partial charge >= 0.3 is 0 Å². The van der Waals surface area contributed by atoms with Crippen molar-refractivity contribution < 1.29 is 4.79 Å². The molecule has 20 heavy (non-hydrogen) atoms. The van der Waals surface area contributed by atoms with E-state index in [9.17, 15) is 4.79 Å². The quantitative estimate of drug-likeness (QED) is 0.809. The molecule has 108 valence electrons. The van der Waals surface area contributed by atoms with Crippen molar-refractivity contribution in [1.82, 2.24) is 5.32 Å². The first-order valence-corrected chi connectivity index (χ1v) is 7.94. The fraction of sp³-hybridized carbons (Fsp3) is 0.400. The molecule has 3 nitrogen and oxygen atoms in total. The summed E-state index contributed by atoms with van der Waals surface area (Å²) < 4.78 is 0.947. The number of anilines is 1. The van der Waals surface area contributed by atoms with E-state index in [1.165, 1.54) is 11.3 Å². The van der Waals surface area contributed by atoms with Gasteiger partial charge in [-0.15, -0.1) is 11.3 Å². The average molecular weight is 311 g/mol. The molecule has 5 heteroatoms. The molecule has 1 heterocycles. The highest BCUT2D eigenvalue weighted by Gasteiger charge is 2.16. The lowest BCUT2D eigenvalue weighted by atomic mass is 10.1. The van der Waals surface area contributed by atoms with Gasteiger partial charge in [-0.25, -0.2) is 0 Å². The van der Waals surface area contributed by atoms with Gasteiger partial charge in [0.15, 0.2) is 0 Å². The highest BCUT2D eigenvalue weighted by Crippen LogP contribution is 2.35. The van der Waals surface area contributed by atoms with E-state index in [1.54, 1.807) is 6.07 Å². The summed E-state index contributed by atoms with van der Waals surface area (Å²) in [5, 5.41) is 4.48. The summed E-state index contributed by atoms with van der Waals surface area (Å²) in [5.41, 5.74) is 6.59. The fourth-order valence-corrected chi connectivity index (χ4v) is 3.37. The minimum absolute atomic E-state index is 0.0939. The number of nitrogens with two attached hydrogens (primary N) is 1. The van der Waals surface area contributed by atoms with Crippen molar-refractivity contribution >= 4 is 44.6 Å². The third-order valence-corrected chi connectivity index (χ3v) is 4.54. The number of hydrogen-bond acceptors (Lipinski definition) is 3. The summed E-state index contributed by atoms with van der Waals surface area (Å²) in [6, 6.07) is 5.49. The topological polar surface area (TPSA) is 55.1 Å². The molecule has 3 N–H and O–H groups in total. The van der Waals surface area contributed by atoms with Gasteiger partial charge in [-0.3, -0.25) is 4.79 Å². The highest BCUT2D eigenvalue weighted by atomic mass is 35.5. The minimum atomic E-state index is -0.0939. The van der Waals surface area contributed by atoms with E-state index < -0.39 is 0 Å². The van der Waals surface area contributed by atoms with Crippen LogP contribution in [0.25, 0.3) is 10.1 Å². The standard InChI is InChI=1S/C15H19ClN2OS/c1-9(2)4-3-7-18-15(19)14-13(17)11-6-5-10(16)8-12(11)20-14/h5-6,8-9H,3-4,7,17H2,1-2H3,(H,18,19). The molecule has 0 fully saturated rings. The Morgan fingerprint density at radius 2 is 2.20 bits per heavy atom. The second-order valence-corrected chi connectivity index (χ2v) is 6.77. The molecule has 1 aromatic carbocycles. The van der Waals surface area contributed by atoms with Crippen LogP contribution in [0.1, 0.15) is 36.4 Å². The zero-order chi connectivity index (χ0) is 14.7. The monoisotopic (exact) mass is 310 g/mol. The molecule has 0 aliphatic carbocycles. The number of hydrogen-bond donors (Lipinski definition) is 2. The van der Waals surface area contributed by atoms with Gasteiger partial charge in [-0.1, -0.05) is 25.4 Å². The van der Waals surface area contributed by atoms with Gasteiger partial charge in [0.2, 0.25) is 0 Å². The molecular formula is C15H19ClN2OS. The van der Waals surface area contributed by atoms with Crippen molar-refractivity contribution in [2.75, 3.05) is 12.3 Å². The van der Waals surface area contributed by atoms with Gasteiger partial charge in [-0.2, -0.15) is 0 Å². The Bertz CT molecular complexity index is 622. The summed E-state index contributed by atoms with van der Waals surface area (Å²) in [6.07, 6.45) is 2.10. The van der Waals surface area contributed by atoms with E-state index in [0.29, 0.717) is 28.0 Å². The number of amides is 1. The third kappa shape index (κ3) is 3.44. The number of fused-ring (bicyclic) bond motifs is 1. The second kappa shape index (κ2) is 6.46. The lowest BCUT2D eigenvalue weighted by Crippen LogP contribution is -2.24. The lowest BCUT2D eigenvalue weighted by molar-refractivity contribution is 0.0957. The maximum atomic E-state index is 12.2. The molecule has 0 radical (unpaired) electrons. The SMILES string of the molecule is CC(C)CCCNC(=O)c1sc2cc(Cl)ccc2c1N. The summed E-state index contributed by atoms with van der Waals surface area (Å²) in [4.78, 5) is 12.7. The van der Waals surface area contributed by atoms with Crippen molar-refractivity contribution in [3.8, 4) is 0 Å². The van der Waals surface area contributed by atoms with E-state index in [1.807, 2.05) is 12.1 Å². The molecule has 1 aromatic heterocycles. The summed E-state index contributed by atoms with van der Waals surface area (Å²) >= 11 is 7.35. The maximum Gasteiger partial charge on any atom is 0.263 e. The number of nitrogens with one attached hydrogen (secondary N) is 1. The molecule has 0 saturated carbocycles. The Labute approximate surface area is 128 Å². The summed E-state index contributed by atoms with van der Waals surface area (Å²) in [5.74, 6) is 0.562. The highest BCUT2D eigenvalue weighted by molar-refractivity contribution is 7.21. The molecule has 1 amide bonds. The van der Waals surface area contributed by atoms with Gasteiger partial charge in [0.05, 0.1) is 5.69 Å². The van der Waals surface area contributed by atoms with Crippen LogP contribution in [0.4, 0.5) is 5.69 Å². The first-order valence-electron chi connectivity index (χ1n) is 6.74. The Hall–Kier alpha value is -1.26. The molecule has 2 aromatic rings. The second-order valence-electron chi connectivity index (χ2n) is 5.28. The molecule has 0 bridgehead atoms. The Balaban J connectivity index is 2.08. The summed E-state index contributed by atoms with van der Waals surface area (Å²) in [7, 11) is 0. The van der Waals surface area contributed by atoms with Crippen molar-refractivity contribution in [2.24, 2.45) is 5.92 Å². The van der Waals surface area contributed by atoms with Crippen molar-refractivity contribution in [3.63, 3.8) is 0 Å². The molecular weight excluding hydrogens is 292 g/mol. The number of thiophene rings is 1. The number of carbonyl (C=O) groups excluding carboxylic acids is 1. The van der Waals surface area contributed by atoms with Crippen LogP contribution < -0.4 is 11.1 Å². The smallest absolute Gasteiger partial charge is 0.263 e. The largest absolute Gasteiger partial charge is 0.397 e. The predicted octanol–water partition coefficient (Wildman–Crippen LogP) is 4.30. The first-order chi connectivity index (χ1) is 9.49. The number of benzene rings is 1. The maximum absolute atomic E-state index is 12.2. The van der Waals surface area contributed by atoms with Crippen LogP contribution in [0, 0.1) is 5.92 Å². The summed E-state index contributed by atoms with van der Waals surface area (Å²) in [6.45, 7) is 5.04. The van der Waals surface area contributed by atoms with E-state index in [-0.39, 0.29) is 5.91 Å². The molecule has 0 saturated heterocycles. The molecule has 0 spiro atoms. The molecule has 0 aliphatic rings. The fourth-order valence-electron chi connectivity index (χ4n) is 2.05. The lowest BCUT2D eigenvalue weighted by Gasteiger charge is -2.06. The van der Waals surface area contributed by atoms with Crippen molar-refractivity contribution in [1.29, 1.82) is 0 Å². The zero-order valence-corrected chi connectivity index (χ0v) is 13.3. The molecule has 0 unspecified atom stereocenters. The van der Waals surface area contributed by atoms with Crippen LogP contribution in [0.5, 0.6) is 0 Å². The van der Waals surface area contributed by atoms with Crippen LogP contribution in [0.15, 0.2) is 18.2 Å². The predicted molar refractivity (Wildman–Crippen MR) is 87.7 cm³/mol. The number of rotatable bonds is 5. The van der Waals surface area contributed by atoms with Crippen molar-refractivity contribution in [2.45, 2.75) is 26.7 Å². The van der Waals surface area contributed by atoms with Crippen molar-refractivity contribution in [3.05, 3.63) is 28.1 Å². The molecule has 2 rings (SSSR count). The third-order valence-electron chi connectivity index (χ3n) is 3.14. The Morgan fingerprint density at radius 3 is 2.90 bits per heavy atom. The minimum Gasteiger partial charge on any atom is -0.397 e. The van der Waals surface area contributed by atoms with E-state index in [2.05, 4.69) is 19.2 Å².